The summed E-state index contributed by atoms with van der Waals surface area (Å²) in [4.78, 5) is 0. The van der Waals surface area contributed by atoms with Gasteiger partial charge in [0.1, 0.15) is 6.61 Å². The lowest BCUT2D eigenvalue weighted by Gasteiger charge is -2.33. The van der Waals surface area contributed by atoms with E-state index in [2.05, 4.69) is 5.32 Å². The number of rotatable bonds is 7. The molecule has 0 aromatic heterocycles. The first-order chi connectivity index (χ1) is 8.93. The summed E-state index contributed by atoms with van der Waals surface area (Å²) in [5, 5.41) is 3.04. The Bertz CT molecular complexity index is 367. The maximum atomic E-state index is 12.2. The van der Waals surface area contributed by atoms with E-state index in [1.54, 1.807) is 7.05 Å². The smallest absolute Gasteiger partial charge is 0.371 e. The number of alkyl halides is 3. The minimum absolute atomic E-state index is 0.0495. The van der Waals surface area contributed by atoms with Gasteiger partial charge in [-0.2, -0.15) is 13.2 Å². The molecule has 0 amide bonds. The average Bonchev–Trinajstić information content (AvgIpc) is 2.37. The minimum atomic E-state index is -4.28. The van der Waals surface area contributed by atoms with E-state index in [1.165, 1.54) is 0 Å². The van der Waals surface area contributed by atoms with Crippen LogP contribution in [0.25, 0.3) is 0 Å². The molecule has 0 bridgehead atoms. The van der Waals surface area contributed by atoms with Gasteiger partial charge in [0.2, 0.25) is 0 Å². The van der Waals surface area contributed by atoms with Crippen molar-refractivity contribution in [3.8, 4) is 0 Å². The van der Waals surface area contributed by atoms with Gasteiger partial charge in [0.15, 0.2) is 0 Å². The molecule has 0 saturated carbocycles. The second-order valence-corrected chi connectivity index (χ2v) is 4.64. The van der Waals surface area contributed by atoms with Crippen LogP contribution >= 0.6 is 0 Å². The highest BCUT2D eigenvalue weighted by Gasteiger charge is 2.33. The Morgan fingerprint density at radius 3 is 2.21 bits per heavy atom. The second kappa shape index (κ2) is 6.91. The van der Waals surface area contributed by atoms with Crippen LogP contribution in [-0.4, -0.2) is 33.0 Å². The van der Waals surface area contributed by atoms with Crippen molar-refractivity contribution in [1.29, 1.82) is 0 Å². The molecule has 1 atom stereocenters. The third kappa shape index (κ3) is 4.84. The van der Waals surface area contributed by atoms with Crippen LogP contribution in [0.5, 0.6) is 0 Å². The van der Waals surface area contributed by atoms with Crippen LogP contribution in [0.3, 0.4) is 0 Å². The lowest BCUT2D eigenvalue weighted by atomic mass is 9.78. The van der Waals surface area contributed by atoms with Crippen molar-refractivity contribution in [3.05, 3.63) is 35.9 Å². The molecule has 1 unspecified atom stereocenters. The lowest BCUT2D eigenvalue weighted by Crippen LogP contribution is -2.41. The van der Waals surface area contributed by atoms with Crippen molar-refractivity contribution in [1.82, 2.24) is 5.32 Å². The first-order valence-corrected chi connectivity index (χ1v) is 6.28. The van der Waals surface area contributed by atoms with Crippen LogP contribution in [0.1, 0.15) is 18.9 Å². The van der Waals surface area contributed by atoms with E-state index >= 15 is 0 Å². The van der Waals surface area contributed by atoms with Gasteiger partial charge < -0.3 is 10.1 Å². The van der Waals surface area contributed by atoms with Crippen molar-refractivity contribution < 1.29 is 17.9 Å². The molecule has 1 aromatic carbocycles. The highest BCUT2D eigenvalue weighted by Crippen LogP contribution is 2.28. The summed E-state index contributed by atoms with van der Waals surface area (Å²) in [6.07, 6.45) is -3.58. The number of ether oxygens (including phenoxy) is 1. The molecule has 0 aliphatic rings. The van der Waals surface area contributed by atoms with Gasteiger partial charge in [-0.15, -0.1) is 0 Å². The Hall–Kier alpha value is -1.07. The fourth-order valence-corrected chi connectivity index (χ4v) is 2.16. The third-order valence-electron chi connectivity index (χ3n) is 3.22. The molecule has 19 heavy (non-hydrogen) atoms. The summed E-state index contributed by atoms with van der Waals surface area (Å²) in [7, 11) is 1.79. The zero-order valence-corrected chi connectivity index (χ0v) is 11.3. The van der Waals surface area contributed by atoms with Gasteiger partial charge in [-0.3, -0.25) is 0 Å². The van der Waals surface area contributed by atoms with Gasteiger partial charge in [0.05, 0.1) is 6.61 Å². The van der Waals surface area contributed by atoms with Crippen LogP contribution in [-0.2, 0) is 10.2 Å². The number of hydrogen-bond donors (Lipinski definition) is 1. The Morgan fingerprint density at radius 2 is 1.74 bits per heavy atom. The number of halogens is 3. The van der Waals surface area contributed by atoms with Crippen LogP contribution < -0.4 is 5.32 Å². The van der Waals surface area contributed by atoms with Gasteiger partial charge in [0, 0.05) is 12.0 Å². The van der Waals surface area contributed by atoms with Gasteiger partial charge in [-0.1, -0.05) is 37.3 Å². The topological polar surface area (TPSA) is 21.3 Å². The standard InChI is InChI=1S/C14H20F3NO/c1-3-13(9-18-2,10-19-11-14(15,16)17)12-7-5-4-6-8-12/h4-8,18H,3,9-11H2,1-2H3. The molecule has 0 aliphatic carbocycles. The summed E-state index contributed by atoms with van der Waals surface area (Å²) in [6, 6.07) is 9.52. The summed E-state index contributed by atoms with van der Waals surface area (Å²) in [5.41, 5.74) is 0.565. The molecule has 2 nitrogen and oxygen atoms in total. The zero-order chi connectivity index (χ0) is 14.4. The maximum Gasteiger partial charge on any atom is 0.411 e. The predicted octanol–water partition coefficient (Wildman–Crippen LogP) is 3.13. The Morgan fingerprint density at radius 1 is 1.11 bits per heavy atom. The molecule has 5 heteroatoms. The van der Waals surface area contributed by atoms with Gasteiger partial charge in [-0.05, 0) is 19.0 Å². The van der Waals surface area contributed by atoms with Gasteiger partial charge >= 0.3 is 6.18 Å². The quantitative estimate of drug-likeness (QED) is 0.825. The van der Waals surface area contributed by atoms with Crippen LogP contribution in [0.2, 0.25) is 0 Å². The molecule has 0 saturated heterocycles. The molecule has 1 aromatic rings. The fourth-order valence-electron chi connectivity index (χ4n) is 2.16. The molecule has 0 fully saturated rings. The monoisotopic (exact) mass is 275 g/mol. The van der Waals surface area contributed by atoms with Crippen molar-refractivity contribution in [3.63, 3.8) is 0 Å². The highest BCUT2D eigenvalue weighted by molar-refractivity contribution is 5.26. The molecule has 1 rings (SSSR count). The Balaban J connectivity index is 2.81. The molecular formula is C14H20F3NO. The summed E-state index contributed by atoms with van der Waals surface area (Å²) >= 11 is 0. The fraction of sp³-hybridized carbons (Fsp3) is 0.571. The second-order valence-electron chi connectivity index (χ2n) is 4.64. The summed E-state index contributed by atoms with van der Waals surface area (Å²) in [5.74, 6) is 0. The molecule has 0 aliphatic heterocycles. The lowest BCUT2D eigenvalue weighted by molar-refractivity contribution is -0.177. The third-order valence-corrected chi connectivity index (χ3v) is 3.22. The predicted molar refractivity (Wildman–Crippen MR) is 69.2 cm³/mol. The largest absolute Gasteiger partial charge is 0.411 e. The zero-order valence-electron chi connectivity index (χ0n) is 11.3. The molecule has 108 valence electrons. The van der Waals surface area contributed by atoms with Crippen LogP contribution in [0.15, 0.2) is 30.3 Å². The van der Waals surface area contributed by atoms with Crippen molar-refractivity contribution in [2.24, 2.45) is 0 Å². The van der Waals surface area contributed by atoms with Crippen molar-refractivity contribution in [2.75, 3.05) is 26.8 Å². The van der Waals surface area contributed by atoms with Crippen molar-refractivity contribution in [2.45, 2.75) is 24.9 Å². The molecular weight excluding hydrogens is 255 g/mol. The molecule has 0 radical (unpaired) electrons. The summed E-state index contributed by atoms with van der Waals surface area (Å²) in [6.45, 7) is 1.38. The average molecular weight is 275 g/mol. The van der Waals surface area contributed by atoms with E-state index in [1.807, 2.05) is 37.3 Å². The van der Waals surface area contributed by atoms with E-state index in [0.29, 0.717) is 13.0 Å². The number of hydrogen-bond acceptors (Lipinski definition) is 2. The normalized spacial score (nSPS) is 15.2. The van der Waals surface area contributed by atoms with Crippen LogP contribution in [0.4, 0.5) is 13.2 Å². The number of nitrogens with one attached hydrogen (secondary N) is 1. The molecule has 0 spiro atoms. The van der Waals surface area contributed by atoms with E-state index in [9.17, 15) is 13.2 Å². The maximum absolute atomic E-state index is 12.2. The van der Waals surface area contributed by atoms with E-state index < -0.39 is 18.2 Å². The van der Waals surface area contributed by atoms with E-state index in [-0.39, 0.29) is 6.61 Å². The van der Waals surface area contributed by atoms with Gasteiger partial charge in [0.25, 0.3) is 0 Å². The van der Waals surface area contributed by atoms with Crippen molar-refractivity contribution >= 4 is 0 Å². The first-order valence-electron chi connectivity index (χ1n) is 6.28. The molecule has 1 N–H and O–H groups in total. The van der Waals surface area contributed by atoms with E-state index in [0.717, 1.165) is 5.56 Å². The Labute approximate surface area is 112 Å². The van der Waals surface area contributed by atoms with Crippen LogP contribution in [0, 0.1) is 0 Å². The summed E-state index contributed by atoms with van der Waals surface area (Å²) < 4.78 is 41.4. The number of benzene rings is 1. The highest BCUT2D eigenvalue weighted by atomic mass is 19.4. The first kappa shape index (κ1) is 16.0. The van der Waals surface area contributed by atoms with E-state index in [4.69, 9.17) is 4.74 Å². The molecule has 0 heterocycles. The Kier molecular flexibility index (Phi) is 5.82. The SMILES string of the molecule is CCC(CNC)(COCC(F)(F)F)c1ccccc1. The number of likely N-dealkylation sites (N-methyl/N-ethyl adjacent to an activating group) is 1. The minimum Gasteiger partial charge on any atom is -0.371 e. The van der Waals surface area contributed by atoms with Gasteiger partial charge in [-0.25, -0.2) is 0 Å².